The first kappa shape index (κ1) is 14.2. The SMILES string of the molecule is CC(C)C1CC(O)(c2ccccc2OC(F)(F)F)C1. The highest BCUT2D eigenvalue weighted by Crippen LogP contribution is 2.51. The van der Waals surface area contributed by atoms with Crippen molar-refractivity contribution in [2.24, 2.45) is 11.8 Å². The van der Waals surface area contributed by atoms with Crippen LogP contribution in [-0.2, 0) is 5.60 Å². The van der Waals surface area contributed by atoms with Gasteiger partial charge in [0, 0.05) is 5.56 Å². The highest BCUT2D eigenvalue weighted by molar-refractivity contribution is 5.39. The second-order valence-corrected chi connectivity index (χ2v) is 5.49. The van der Waals surface area contributed by atoms with E-state index in [1.54, 1.807) is 6.07 Å². The molecule has 19 heavy (non-hydrogen) atoms. The molecule has 0 aliphatic heterocycles. The third-order valence-electron chi connectivity index (χ3n) is 3.76. The molecule has 1 aliphatic rings. The van der Waals surface area contributed by atoms with Crippen molar-refractivity contribution < 1.29 is 23.0 Å². The zero-order valence-electron chi connectivity index (χ0n) is 10.9. The van der Waals surface area contributed by atoms with Crippen LogP contribution in [0.2, 0.25) is 0 Å². The van der Waals surface area contributed by atoms with Gasteiger partial charge >= 0.3 is 6.36 Å². The summed E-state index contributed by atoms with van der Waals surface area (Å²) in [4.78, 5) is 0. The van der Waals surface area contributed by atoms with Crippen molar-refractivity contribution in [3.63, 3.8) is 0 Å². The summed E-state index contributed by atoms with van der Waals surface area (Å²) in [5.74, 6) is 0.444. The van der Waals surface area contributed by atoms with E-state index in [2.05, 4.69) is 4.74 Å². The van der Waals surface area contributed by atoms with Gasteiger partial charge in [0.25, 0.3) is 0 Å². The Hall–Kier alpha value is -1.23. The van der Waals surface area contributed by atoms with E-state index >= 15 is 0 Å². The van der Waals surface area contributed by atoms with Crippen molar-refractivity contribution in [3.05, 3.63) is 29.8 Å². The Morgan fingerprint density at radius 3 is 2.37 bits per heavy atom. The molecule has 0 saturated heterocycles. The predicted molar refractivity (Wildman–Crippen MR) is 64.6 cm³/mol. The fourth-order valence-corrected chi connectivity index (χ4v) is 2.56. The summed E-state index contributed by atoms with van der Waals surface area (Å²) in [5, 5.41) is 10.4. The quantitative estimate of drug-likeness (QED) is 0.907. The minimum atomic E-state index is -4.74. The lowest BCUT2D eigenvalue weighted by molar-refractivity contribution is -0.275. The summed E-state index contributed by atoms with van der Waals surface area (Å²) in [5.41, 5.74) is -0.972. The van der Waals surface area contributed by atoms with E-state index in [4.69, 9.17) is 0 Å². The third kappa shape index (κ3) is 3.03. The highest BCUT2D eigenvalue weighted by atomic mass is 19.4. The van der Waals surface area contributed by atoms with Crippen LogP contribution in [0.4, 0.5) is 13.2 Å². The van der Waals surface area contributed by atoms with Gasteiger partial charge in [-0.2, -0.15) is 0 Å². The maximum absolute atomic E-state index is 12.3. The maximum atomic E-state index is 12.3. The number of hydrogen-bond acceptors (Lipinski definition) is 2. The van der Waals surface area contributed by atoms with Gasteiger partial charge in [-0.05, 0) is 30.7 Å². The second kappa shape index (κ2) is 4.71. The van der Waals surface area contributed by atoms with Gasteiger partial charge in [0.15, 0.2) is 0 Å². The molecule has 0 heterocycles. The van der Waals surface area contributed by atoms with Crippen LogP contribution in [0.3, 0.4) is 0 Å². The van der Waals surface area contributed by atoms with Gasteiger partial charge in [-0.1, -0.05) is 32.0 Å². The van der Waals surface area contributed by atoms with Crippen molar-refractivity contribution in [3.8, 4) is 5.75 Å². The lowest BCUT2D eigenvalue weighted by atomic mass is 9.63. The van der Waals surface area contributed by atoms with E-state index in [9.17, 15) is 18.3 Å². The fourth-order valence-electron chi connectivity index (χ4n) is 2.56. The largest absolute Gasteiger partial charge is 0.573 e. The molecule has 1 aliphatic carbocycles. The van der Waals surface area contributed by atoms with Gasteiger partial charge in [-0.15, -0.1) is 13.2 Å². The molecule has 1 fully saturated rings. The Morgan fingerprint density at radius 1 is 1.26 bits per heavy atom. The standard InChI is InChI=1S/C14H17F3O2/c1-9(2)10-7-13(18,8-10)11-5-3-4-6-12(11)19-14(15,16)17/h3-6,9-10,18H,7-8H2,1-2H3. The first-order chi connectivity index (χ1) is 8.71. The Labute approximate surface area is 110 Å². The first-order valence-electron chi connectivity index (χ1n) is 6.29. The normalized spacial score (nSPS) is 27.2. The molecule has 0 spiro atoms. The van der Waals surface area contributed by atoms with Crippen LogP contribution in [0, 0.1) is 11.8 Å². The zero-order chi connectivity index (χ0) is 14.3. The molecule has 5 heteroatoms. The average Bonchev–Trinajstić information content (AvgIpc) is 2.23. The number of halogens is 3. The highest BCUT2D eigenvalue weighted by Gasteiger charge is 2.47. The molecular weight excluding hydrogens is 257 g/mol. The van der Waals surface area contributed by atoms with Crippen LogP contribution in [0.25, 0.3) is 0 Å². The molecule has 0 bridgehead atoms. The molecule has 2 nitrogen and oxygen atoms in total. The number of aliphatic hydroxyl groups is 1. The number of hydrogen-bond donors (Lipinski definition) is 1. The molecule has 1 aromatic carbocycles. The summed E-state index contributed by atoms with van der Waals surface area (Å²) < 4.78 is 41.0. The molecule has 0 radical (unpaired) electrons. The van der Waals surface area contributed by atoms with Crippen molar-refractivity contribution in [1.29, 1.82) is 0 Å². The van der Waals surface area contributed by atoms with Crippen molar-refractivity contribution in [1.82, 2.24) is 0 Å². The number of ether oxygens (including phenoxy) is 1. The second-order valence-electron chi connectivity index (χ2n) is 5.49. The van der Waals surface area contributed by atoms with Crippen LogP contribution in [0.5, 0.6) is 5.75 Å². The topological polar surface area (TPSA) is 29.5 Å². The number of benzene rings is 1. The third-order valence-corrected chi connectivity index (χ3v) is 3.76. The summed E-state index contributed by atoms with van der Waals surface area (Å²) in [6.45, 7) is 4.09. The fraction of sp³-hybridized carbons (Fsp3) is 0.571. The molecule has 0 aromatic heterocycles. The lowest BCUT2D eigenvalue weighted by Gasteiger charge is -2.46. The smallest absolute Gasteiger partial charge is 0.405 e. The van der Waals surface area contributed by atoms with E-state index in [1.807, 2.05) is 13.8 Å². The van der Waals surface area contributed by atoms with Crippen LogP contribution < -0.4 is 4.74 Å². The number of para-hydroxylation sites is 1. The van der Waals surface area contributed by atoms with Crippen LogP contribution in [0.1, 0.15) is 32.3 Å². The summed E-state index contributed by atoms with van der Waals surface area (Å²) in [6, 6.07) is 5.81. The predicted octanol–water partition coefficient (Wildman–Crippen LogP) is 3.84. The van der Waals surface area contributed by atoms with Crippen molar-refractivity contribution >= 4 is 0 Å². The Morgan fingerprint density at radius 2 is 1.84 bits per heavy atom. The molecular formula is C14H17F3O2. The maximum Gasteiger partial charge on any atom is 0.573 e. The van der Waals surface area contributed by atoms with Crippen LogP contribution in [-0.4, -0.2) is 11.5 Å². The van der Waals surface area contributed by atoms with Gasteiger partial charge < -0.3 is 9.84 Å². The first-order valence-corrected chi connectivity index (χ1v) is 6.29. The van der Waals surface area contributed by atoms with E-state index in [0.29, 0.717) is 24.7 Å². The van der Waals surface area contributed by atoms with Crippen molar-refractivity contribution in [2.75, 3.05) is 0 Å². The minimum Gasteiger partial charge on any atom is -0.405 e. The van der Waals surface area contributed by atoms with Crippen LogP contribution >= 0.6 is 0 Å². The molecule has 0 amide bonds. The van der Waals surface area contributed by atoms with Gasteiger partial charge in [0.2, 0.25) is 0 Å². The average molecular weight is 274 g/mol. The Bertz CT molecular complexity index is 448. The lowest BCUT2D eigenvalue weighted by Crippen LogP contribution is -2.43. The van der Waals surface area contributed by atoms with E-state index in [0.717, 1.165) is 0 Å². The van der Waals surface area contributed by atoms with Gasteiger partial charge in [0.05, 0.1) is 5.60 Å². The molecule has 0 unspecified atom stereocenters. The van der Waals surface area contributed by atoms with E-state index in [1.165, 1.54) is 18.2 Å². The monoisotopic (exact) mass is 274 g/mol. The molecule has 106 valence electrons. The van der Waals surface area contributed by atoms with E-state index in [-0.39, 0.29) is 11.3 Å². The molecule has 1 saturated carbocycles. The number of rotatable bonds is 3. The molecule has 0 atom stereocenters. The molecule has 1 N–H and O–H groups in total. The summed E-state index contributed by atoms with van der Waals surface area (Å²) in [6.07, 6.45) is -3.79. The van der Waals surface area contributed by atoms with Crippen LogP contribution in [0.15, 0.2) is 24.3 Å². The molecule has 1 aromatic rings. The van der Waals surface area contributed by atoms with Gasteiger partial charge in [-0.3, -0.25) is 0 Å². The summed E-state index contributed by atoms with van der Waals surface area (Å²) in [7, 11) is 0. The zero-order valence-corrected chi connectivity index (χ0v) is 10.9. The van der Waals surface area contributed by atoms with Gasteiger partial charge in [0.1, 0.15) is 5.75 Å². The summed E-state index contributed by atoms with van der Waals surface area (Å²) >= 11 is 0. The molecule has 2 rings (SSSR count). The number of alkyl halides is 3. The van der Waals surface area contributed by atoms with E-state index < -0.39 is 12.0 Å². The van der Waals surface area contributed by atoms with Crippen molar-refractivity contribution in [2.45, 2.75) is 38.7 Å². The van der Waals surface area contributed by atoms with Gasteiger partial charge in [-0.25, -0.2) is 0 Å². The minimum absolute atomic E-state index is 0.226. The Kier molecular flexibility index (Phi) is 3.51. The Balaban J connectivity index is 2.22.